The molecule has 6 heteroatoms. The third-order valence-corrected chi connectivity index (χ3v) is 2.23. The average molecular weight is 242 g/mol. The van der Waals surface area contributed by atoms with Gasteiger partial charge in [-0.25, -0.2) is 9.18 Å². The molecule has 0 aliphatic heterocycles. The lowest BCUT2D eigenvalue weighted by atomic mass is 10.0. The molecule has 1 rings (SSSR count). The molecule has 1 unspecified atom stereocenters. The Morgan fingerprint density at radius 2 is 1.94 bits per heavy atom. The van der Waals surface area contributed by atoms with E-state index in [1.165, 1.54) is 12.1 Å². The number of aliphatic hydroxyl groups excluding tert-OH is 1. The van der Waals surface area contributed by atoms with Gasteiger partial charge in [0.25, 0.3) is 0 Å². The lowest BCUT2D eigenvalue weighted by Crippen LogP contribution is -2.11. The molecule has 0 saturated carbocycles. The molecule has 17 heavy (non-hydrogen) atoms. The molecule has 0 aliphatic carbocycles. The van der Waals surface area contributed by atoms with Crippen molar-refractivity contribution in [3.05, 3.63) is 35.1 Å². The molecule has 1 aromatic rings. The van der Waals surface area contributed by atoms with Crippen molar-refractivity contribution < 1.29 is 29.3 Å². The molecule has 0 bridgehead atoms. The molecule has 3 N–H and O–H groups in total. The summed E-state index contributed by atoms with van der Waals surface area (Å²) in [7, 11) is 0. The second-order valence-electron chi connectivity index (χ2n) is 3.49. The first-order chi connectivity index (χ1) is 7.91. The molecule has 0 aromatic heterocycles. The molecule has 0 aliphatic rings. The van der Waals surface area contributed by atoms with Gasteiger partial charge in [0.1, 0.15) is 5.82 Å². The second-order valence-corrected chi connectivity index (χ2v) is 3.49. The molecule has 0 radical (unpaired) electrons. The molecule has 92 valence electrons. The molecule has 1 aromatic carbocycles. The van der Waals surface area contributed by atoms with E-state index in [0.29, 0.717) is 0 Å². The Balaban J connectivity index is 2.86. The number of hydrogen-bond donors (Lipinski definition) is 3. The van der Waals surface area contributed by atoms with Gasteiger partial charge in [-0.05, 0) is 23.6 Å². The van der Waals surface area contributed by atoms with E-state index in [2.05, 4.69) is 0 Å². The Bertz CT molecular complexity index is 443. The van der Waals surface area contributed by atoms with Gasteiger partial charge in [-0.15, -0.1) is 0 Å². The third-order valence-electron chi connectivity index (χ3n) is 2.23. The summed E-state index contributed by atoms with van der Waals surface area (Å²) in [5, 5.41) is 26.1. The monoisotopic (exact) mass is 242 g/mol. The molecule has 0 spiro atoms. The van der Waals surface area contributed by atoms with Crippen LogP contribution in [0, 0.1) is 5.82 Å². The highest BCUT2D eigenvalue weighted by Gasteiger charge is 2.17. The van der Waals surface area contributed by atoms with E-state index in [-0.39, 0.29) is 24.0 Å². The van der Waals surface area contributed by atoms with Crippen molar-refractivity contribution in [2.75, 3.05) is 0 Å². The van der Waals surface area contributed by atoms with Gasteiger partial charge in [0.15, 0.2) is 6.10 Å². The van der Waals surface area contributed by atoms with Crippen LogP contribution in [-0.2, 0) is 16.0 Å². The highest BCUT2D eigenvalue weighted by Crippen LogP contribution is 2.18. The predicted octanol–water partition coefficient (Wildman–Crippen LogP) is 0.961. The van der Waals surface area contributed by atoms with E-state index in [9.17, 15) is 19.1 Å². The largest absolute Gasteiger partial charge is 0.481 e. The summed E-state index contributed by atoms with van der Waals surface area (Å²) in [6.07, 6.45) is -1.97. The fourth-order valence-corrected chi connectivity index (χ4v) is 1.32. The van der Waals surface area contributed by atoms with Gasteiger partial charge in [-0.2, -0.15) is 0 Å². The number of halogens is 1. The minimum absolute atomic E-state index is 0.0185. The summed E-state index contributed by atoms with van der Waals surface area (Å²) in [4.78, 5) is 20.8. The maximum Gasteiger partial charge on any atom is 0.337 e. The first-order valence-corrected chi connectivity index (χ1v) is 4.83. The smallest absolute Gasteiger partial charge is 0.337 e. The fourth-order valence-electron chi connectivity index (χ4n) is 1.32. The maximum atomic E-state index is 13.4. The van der Waals surface area contributed by atoms with Crippen LogP contribution in [0.1, 0.15) is 23.7 Å². The highest BCUT2D eigenvalue weighted by atomic mass is 19.1. The van der Waals surface area contributed by atoms with Crippen LogP contribution in [0.5, 0.6) is 0 Å². The molecular formula is C11H11FO5. The SMILES string of the molecule is O=C(O)CCc1ccc(C(O)C(=O)O)cc1F. The van der Waals surface area contributed by atoms with Crippen LogP contribution in [0.25, 0.3) is 0 Å². The maximum absolute atomic E-state index is 13.4. The number of rotatable bonds is 5. The van der Waals surface area contributed by atoms with Crippen molar-refractivity contribution in [1.29, 1.82) is 0 Å². The summed E-state index contributed by atoms with van der Waals surface area (Å²) in [6, 6.07) is 3.44. The summed E-state index contributed by atoms with van der Waals surface area (Å²) < 4.78 is 13.4. The van der Waals surface area contributed by atoms with E-state index in [4.69, 9.17) is 10.2 Å². The number of benzene rings is 1. The summed E-state index contributed by atoms with van der Waals surface area (Å²) in [6.45, 7) is 0. The van der Waals surface area contributed by atoms with Crippen molar-refractivity contribution in [3.63, 3.8) is 0 Å². The van der Waals surface area contributed by atoms with Crippen molar-refractivity contribution in [2.24, 2.45) is 0 Å². The third kappa shape index (κ3) is 3.53. The van der Waals surface area contributed by atoms with Crippen LogP contribution in [0.15, 0.2) is 18.2 Å². The van der Waals surface area contributed by atoms with Crippen LogP contribution in [-0.4, -0.2) is 27.3 Å². The number of aryl methyl sites for hydroxylation is 1. The fraction of sp³-hybridized carbons (Fsp3) is 0.273. The first kappa shape index (κ1) is 13.1. The summed E-state index contributed by atoms with van der Waals surface area (Å²) >= 11 is 0. The van der Waals surface area contributed by atoms with E-state index in [1.54, 1.807) is 0 Å². The van der Waals surface area contributed by atoms with E-state index in [0.717, 1.165) is 6.07 Å². The summed E-state index contributed by atoms with van der Waals surface area (Å²) in [5.74, 6) is -3.23. The average Bonchev–Trinajstić information content (AvgIpc) is 2.26. The van der Waals surface area contributed by atoms with Gasteiger partial charge in [0.2, 0.25) is 0 Å². The van der Waals surface area contributed by atoms with E-state index >= 15 is 0 Å². The first-order valence-electron chi connectivity index (χ1n) is 4.83. The van der Waals surface area contributed by atoms with E-state index < -0.39 is 23.9 Å². The zero-order valence-electron chi connectivity index (χ0n) is 8.76. The topological polar surface area (TPSA) is 94.8 Å². The second kappa shape index (κ2) is 5.40. The highest BCUT2D eigenvalue weighted by molar-refractivity contribution is 5.74. The van der Waals surface area contributed by atoms with Crippen LogP contribution in [0.4, 0.5) is 4.39 Å². The summed E-state index contributed by atoms with van der Waals surface area (Å²) in [5.41, 5.74) is 0.0998. The molecule has 0 heterocycles. The van der Waals surface area contributed by atoms with Gasteiger partial charge < -0.3 is 15.3 Å². The molecule has 0 amide bonds. The standard InChI is InChI=1S/C11H11FO5/c12-8-5-7(10(15)11(16)17)2-1-6(8)3-4-9(13)14/h1-2,5,10,15H,3-4H2,(H,13,14)(H,16,17). The normalized spacial score (nSPS) is 12.1. The zero-order chi connectivity index (χ0) is 13.0. The Labute approximate surface area is 96.1 Å². The van der Waals surface area contributed by atoms with Gasteiger partial charge in [-0.3, -0.25) is 4.79 Å². The van der Waals surface area contributed by atoms with Gasteiger partial charge >= 0.3 is 11.9 Å². The minimum Gasteiger partial charge on any atom is -0.481 e. The van der Waals surface area contributed by atoms with Crippen molar-refractivity contribution >= 4 is 11.9 Å². The Morgan fingerprint density at radius 3 is 2.41 bits per heavy atom. The quantitative estimate of drug-likeness (QED) is 0.714. The number of aliphatic hydroxyl groups is 1. The number of carboxylic acids is 2. The molecule has 5 nitrogen and oxygen atoms in total. The lowest BCUT2D eigenvalue weighted by Gasteiger charge is -2.08. The number of hydrogen-bond acceptors (Lipinski definition) is 3. The van der Waals surface area contributed by atoms with Gasteiger partial charge in [0, 0.05) is 6.42 Å². The molecule has 1 atom stereocenters. The van der Waals surface area contributed by atoms with Crippen LogP contribution >= 0.6 is 0 Å². The van der Waals surface area contributed by atoms with Crippen LogP contribution in [0.2, 0.25) is 0 Å². The van der Waals surface area contributed by atoms with Crippen molar-refractivity contribution in [2.45, 2.75) is 18.9 Å². The minimum atomic E-state index is -1.78. The molecule has 0 fully saturated rings. The number of carboxylic acid groups (broad SMARTS) is 2. The number of aliphatic carboxylic acids is 2. The van der Waals surface area contributed by atoms with Crippen LogP contribution in [0.3, 0.4) is 0 Å². The van der Waals surface area contributed by atoms with Crippen LogP contribution < -0.4 is 0 Å². The Hall–Kier alpha value is -1.95. The Kier molecular flexibility index (Phi) is 4.17. The molecule has 0 saturated heterocycles. The van der Waals surface area contributed by atoms with Crippen molar-refractivity contribution in [1.82, 2.24) is 0 Å². The zero-order valence-corrected chi connectivity index (χ0v) is 8.76. The number of carbonyl (C=O) groups is 2. The lowest BCUT2D eigenvalue weighted by molar-refractivity contribution is -0.147. The van der Waals surface area contributed by atoms with Gasteiger partial charge in [-0.1, -0.05) is 12.1 Å². The Morgan fingerprint density at radius 1 is 1.29 bits per heavy atom. The predicted molar refractivity (Wildman–Crippen MR) is 55.0 cm³/mol. The molecular weight excluding hydrogens is 231 g/mol. The van der Waals surface area contributed by atoms with E-state index in [1.807, 2.05) is 0 Å². The van der Waals surface area contributed by atoms with Gasteiger partial charge in [0.05, 0.1) is 0 Å². The van der Waals surface area contributed by atoms with Crippen molar-refractivity contribution in [3.8, 4) is 0 Å².